The molecule has 0 fully saturated rings. The molecule has 0 unspecified atom stereocenters. The summed E-state index contributed by atoms with van der Waals surface area (Å²) in [6, 6.07) is 21.4. The van der Waals surface area contributed by atoms with E-state index in [1.54, 1.807) is 11.8 Å². The van der Waals surface area contributed by atoms with Crippen LogP contribution in [0.5, 0.6) is 0 Å². The fourth-order valence-corrected chi connectivity index (χ4v) is 5.29. The number of carbonyl (C=O) groups is 1. The molecule has 4 N–H and O–H groups in total. The number of nitrogens with two attached hydrogens (primary N) is 1. The molecule has 0 aliphatic carbocycles. The van der Waals surface area contributed by atoms with Gasteiger partial charge in [-0.1, -0.05) is 80.1 Å². The lowest BCUT2D eigenvalue weighted by molar-refractivity contribution is -0.409. The van der Waals surface area contributed by atoms with Crippen LogP contribution in [0.2, 0.25) is 0 Å². The monoisotopic (exact) mass is 475 g/mol. The first kappa shape index (κ1) is 23.0. The van der Waals surface area contributed by atoms with Crippen molar-refractivity contribution >= 4 is 40.5 Å². The second-order valence-corrected chi connectivity index (χ2v) is 9.58. The molecule has 0 saturated heterocycles. The van der Waals surface area contributed by atoms with Crippen LogP contribution >= 0.6 is 23.1 Å². The predicted octanol–water partition coefficient (Wildman–Crippen LogP) is 6.41. The van der Waals surface area contributed by atoms with Gasteiger partial charge in [0.1, 0.15) is 10.6 Å². The van der Waals surface area contributed by atoms with Crippen molar-refractivity contribution in [3.63, 3.8) is 0 Å². The Morgan fingerprint density at radius 1 is 1.09 bits per heavy atom. The number of unbranched alkanes of at least 4 members (excludes halogenated alkanes) is 2. The number of H-pyrrole nitrogens is 1. The molecule has 0 atom stereocenters. The molecule has 5 nitrogen and oxygen atoms in total. The Morgan fingerprint density at radius 2 is 1.82 bits per heavy atom. The summed E-state index contributed by atoms with van der Waals surface area (Å²) in [7, 11) is 0. The van der Waals surface area contributed by atoms with Gasteiger partial charge in [-0.3, -0.25) is 10.5 Å². The predicted molar refractivity (Wildman–Crippen MR) is 139 cm³/mol. The van der Waals surface area contributed by atoms with Gasteiger partial charge >= 0.3 is 0 Å². The molecular formula is C26H27N4OS2+. The number of hydrogen-bond acceptors (Lipinski definition) is 5. The molecule has 7 heteroatoms. The van der Waals surface area contributed by atoms with Crippen LogP contribution in [-0.4, -0.2) is 16.6 Å². The fourth-order valence-electron chi connectivity index (χ4n) is 3.39. The maximum Gasteiger partial charge on any atom is 0.281 e. The van der Waals surface area contributed by atoms with Gasteiger partial charge in [0.25, 0.3) is 11.7 Å². The number of rotatable bonds is 9. The summed E-state index contributed by atoms with van der Waals surface area (Å²) in [5.41, 5.74) is 10.4. The molecule has 2 aromatic carbocycles. The normalized spacial score (nSPS) is 10.8. The van der Waals surface area contributed by atoms with Crippen molar-refractivity contribution in [1.82, 2.24) is 4.98 Å². The minimum atomic E-state index is -0.170. The van der Waals surface area contributed by atoms with Crippen LogP contribution in [-0.2, 0) is 0 Å². The van der Waals surface area contributed by atoms with Crippen LogP contribution in [0.1, 0.15) is 36.5 Å². The van der Waals surface area contributed by atoms with E-state index in [-0.39, 0.29) is 5.91 Å². The van der Waals surface area contributed by atoms with Crippen LogP contribution in [0.25, 0.3) is 21.8 Å². The van der Waals surface area contributed by atoms with Gasteiger partial charge in [-0.2, -0.15) is 0 Å². The third-order valence-electron chi connectivity index (χ3n) is 5.15. The Labute approximate surface area is 202 Å². The number of nitrogens with one attached hydrogen (secondary N) is 2. The Bertz CT molecular complexity index is 1210. The number of carbonyl (C=O) groups excluding carboxylic acids is 1. The first-order valence-corrected chi connectivity index (χ1v) is 12.9. The van der Waals surface area contributed by atoms with E-state index in [9.17, 15) is 4.79 Å². The molecule has 0 saturated carbocycles. The lowest BCUT2D eigenvalue weighted by Crippen LogP contribution is -2.22. The largest absolute Gasteiger partial charge is 0.322 e. The second-order valence-electron chi connectivity index (χ2n) is 7.62. The van der Waals surface area contributed by atoms with E-state index in [4.69, 9.17) is 10.7 Å². The summed E-state index contributed by atoms with van der Waals surface area (Å²) in [4.78, 5) is 21.3. The number of benzene rings is 2. The number of para-hydroxylation sites is 1. The quantitative estimate of drug-likeness (QED) is 0.216. The van der Waals surface area contributed by atoms with Crippen LogP contribution in [0.3, 0.4) is 0 Å². The van der Waals surface area contributed by atoms with Crippen LogP contribution < -0.4 is 16.0 Å². The number of anilines is 2. The van der Waals surface area contributed by atoms with Gasteiger partial charge in [0.15, 0.2) is 5.03 Å². The van der Waals surface area contributed by atoms with Crippen molar-refractivity contribution in [2.24, 2.45) is 0 Å². The zero-order valence-electron chi connectivity index (χ0n) is 18.5. The molecule has 33 heavy (non-hydrogen) atoms. The van der Waals surface area contributed by atoms with E-state index >= 15 is 0 Å². The molecule has 2 aromatic heterocycles. The van der Waals surface area contributed by atoms with Crippen molar-refractivity contribution in [2.75, 3.05) is 16.8 Å². The van der Waals surface area contributed by atoms with E-state index in [0.717, 1.165) is 57.6 Å². The van der Waals surface area contributed by atoms with Crippen molar-refractivity contribution < 1.29 is 9.78 Å². The van der Waals surface area contributed by atoms with Crippen molar-refractivity contribution in [2.45, 2.75) is 31.2 Å². The number of thiazole rings is 1. The molecular weight excluding hydrogens is 448 g/mol. The number of nitrogen functional groups attached to an aromatic ring is 1. The summed E-state index contributed by atoms with van der Waals surface area (Å²) in [5.74, 6) is 1.26. The van der Waals surface area contributed by atoms with Gasteiger partial charge in [-0.25, -0.2) is 9.97 Å². The number of aromatic nitrogens is 2. The Balaban J connectivity index is 1.67. The zero-order chi connectivity index (χ0) is 23.0. The highest BCUT2D eigenvalue weighted by Gasteiger charge is 2.23. The smallest absolute Gasteiger partial charge is 0.281 e. The highest BCUT2D eigenvalue weighted by molar-refractivity contribution is 7.99. The molecule has 168 valence electrons. The van der Waals surface area contributed by atoms with Gasteiger partial charge in [0, 0.05) is 22.4 Å². The Kier molecular flexibility index (Phi) is 7.75. The van der Waals surface area contributed by atoms with E-state index in [0.29, 0.717) is 11.4 Å². The summed E-state index contributed by atoms with van der Waals surface area (Å²) >= 11 is 3.15. The summed E-state index contributed by atoms with van der Waals surface area (Å²) < 4.78 is 0. The number of amides is 1. The summed E-state index contributed by atoms with van der Waals surface area (Å²) in [5, 5.41) is 6.57. The molecule has 4 aromatic rings. The molecule has 2 heterocycles. The maximum absolute atomic E-state index is 13.2. The molecule has 0 aliphatic heterocycles. The van der Waals surface area contributed by atoms with Crippen LogP contribution in [0.15, 0.2) is 77.1 Å². The average Bonchev–Trinajstić information content (AvgIpc) is 3.33. The molecule has 4 rings (SSSR count). The SMILES string of the molecule is CCCCCSc1[nH+]c(N)c(-c2nc(-c3ccccc3)cs2)cc1C(=O)Nc1ccccc1. The number of aromatic amines is 1. The van der Waals surface area contributed by atoms with E-state index in [1.807, 2.05) is 72.1 Å². The Morgan fingerprint density at radius 3 is 2.55 bits per heavy atom. The molecule has 0 radical (unpaired) electrons. The maximum atomic E-state index is 13.2. The average molecular weight is 476 g/mol. The topological polar surface area (TPSA) is 82.2 Å². The van der Waals surface area contributed by atoms with Gasteiger partial charge in [-0.05, 0) is 24.6 Å². The van der Waals surface area contributed by atoms with Gasteiger partial charge in [0.2, 0.25) is 0 Å². The van der Waals surface area contributed by atoms with E-state index < -0.39 is 0 Å². The fraction of sp³-hybridized carbons (Fsp3) is 0.192. The number of nitrogens with zero attached hydrogens (tertiary/aromatic N) is 1. The lowest BCUT2D eigenvalue weighted by atomic mass is 10.1. The van der Waals surface area contributed by atoms with E-state index in [2.05, 4.69) is 17.2 Å². The van der Waals surface area contributed by atoms with Crippen molar-refractivity contribution in [3.05, 3.63) is 77.7 Å². The number of thioether (sulfide) groups is 1. The first-order chi connectivity index (χ1) is 16.2. The minimum absolute atomic E-state index is 0.170. The molecule has 1 amide bonds. The molecule has 0 aliphatic rings. The standard InChI is InChI=1S/C26H26N4OS2/c1-2-3-10-15-32-26-21(24(31)28-19-13-8-5-9-14-19)16-20(23(27)30-26)25-29-22(17-33-25)18-11-6-4-7-12-18/h4-9,11-14,16-17H,2-3,10,15H2,1H3,(H2,27,30)(H,28,31)/p+1. The second kappa shape index (κ2) is 11.1. The highest BCUT2D eigenvalue weighted by atomic mass is 32.2. The minimum Gasteiger partial charge on any atom is -0.322 e. The van der Waals surface area contributed by atoms with Crippen molar-refractivity contribution in [1.29, 1.82) is 0 Å². The van der Waals surface area contributed by atoms with E-state index in [1.165, 1.54) is 11.3 Å². The van der Waals surface area contributed by atoms with Crippen LogP contribution in [0.4, 0.5) is 11.5 Å². The molecule has 0 spiro atoms. The first-order valence-electron chi connectivity index (χ1n) is 11.0. The van der Waals surface area contributed by atoms with Gasteiger partial charge in [0.05, 0.1) is 11.3 Å². The van der Waals surface area contributed by atoms with Gasteiger partial charge < -0.3 is 5.32 Å². The Hall–Kier alpha value is -3.16. The third kappa shape index (κ3) is 5.80. The summed E-state index contributed by atoms with van der Waals surface area (Å²) in [6.07, 6.45) is 3.40. The summed E-state index contributed by atoms with van der Waals surface area (Å²) in [6.45, 7) is 2.18. The van der Waals surface area contributed by atoms with Crippen molar-refractivity contribution in [3.8, 4) is 21.8 Å². The third-order valence-corrected chi connectivity index (χ3v) is 7.13. The lowest BCUT2D eigenvalue weighted by Gasteiger charge is -2.10. The molecule has 0 bridgehead atoms. The number of pyridine rings is 1. The number of hydrogen-bond donors (Lipinski definition) is 2. The highest BCUT2D eigenvalue weighted by Crippen LogP contribution is 2.33. The van der Waals surface area contributed by atoms with Crippen LogP contribution in [0, 0.1) is 0 Å². The zero-order valence-corrected chi connectivity index (χ0v) is 20.1. The van der Waals surface area contributed by atoms with Gasteiger partial charge in [-0.15, -0.1) is 11.3 Å².